The van der Waals surface area contributed by atoms with Gasteiger partial charge in [0, 0.05) is 11.3 Å². The lowest BCUT2D eigenvalue weighted by atomic mass is 9.97. The number of aliphatic carboxylic acids is 1. The molecule has 6 nitrogen and oxygen atoms in total. The van der Waals surface area contributed by atoms with Crippen molar-refractivity contribution in [2.75, 3.05) is 11.5 Å². The lowest BCUT2D eigenvalue weighted by Crippen LogP contribution is -2.23. The second-order valence-electron chi connectivity index (χ2n) is 8.16. The van der Waals surface area contributed by atoms with Crippen LogP contribution in [-0.2, 0) is 24.2 Å². The maximum absolute atomic E-state index is 13.0. The molecule has 0 saturated heterocycles. The number of rotatable bonds is 8. The van der Waals surface area contributed by atoms with Gasteiger partial charge in [-0.25, -0.2) is 4.79 Å². The molecule has 182 valence electrons. The maximum Gasteiger partial charge on any atom is 0.573 e. The first-order valence-corrected chi connectivity index (χ1v) is 10.8. The summed E-state index contributed by atoms with van der Waals surface area (Å²) in [6.07, 6.45) is -3.40. The standard InChI is InChI=1S/C26H22F3NO5/c1-16-13-17(6-12-23(16)34-15-24(31)32)5-7-18-3-2-4-21-22(18)14-30(25(21)33)19-8-10-20(11-9-19)35-26(27,28)29/h2-4,6,8-13H,5,7,14-15H2,1H3,(H,31,32). The first-order valence-electron chi connectivity index (χ1n) is 10.8. The quantitative estimate of drug-likeness (QED) is 0.469. The van der Waals surface area contributed by atoms with Gasteiger partial charge in [-0.05, 0) is 78.4 Å². The van der Waals surface area contributed by atoms with E-state index in [1.807, 2.05) is 31.2 Å². The molecule has 3 aromatic carbocycles. The predicted molar refractivity (Wildman–Crippen MR) is 122 cm³/mol. The summed E-state index contributed by atoms with van der Waals surface area (Å²) in [5.74, 6) is -1.08. The van der Waals surface area contributed by atoms with Crippen molar-refractivity contribution >= 4 is 17.6 Å². The molecule has 1 amide bonds. The van der Waals surface area contributed by atoms with Gasteiger partial charge in [-0.2, -0.15) is 0 Å². The van der Waals surface area contributed by atoms with Gasteiger partial charge in [0.2, 0.25) is 0 Å². The Kier molecular flexibility index (Phi) is 6.68. The summed E-state index contributed by atoms with van der Waals surface area (Å²) >= 11 is 0. The molecule has 1 aliphatic heterocycles. The molecule has 4 rings (SSSR count). The summed E-state index contributed by atoms with van der Waals surface area (Å²) in [5.41, 5.74) is 4.85. The van der Waals surface area contributed by atoms with Gasteiger partial charge >= 0.3 is 12.3 Å². The van der Waals surface area contributed by atoms with Crippen LogP contribution in [0.3, 0.4) is 0 Å². The molecular formula is C26H22F3NO5. The average Bonchev–Trinajstić information content (AvgIpc) is 3.13. The van der Waals surface area contributed by atoms with E-state index in [2.05, 4.69) is 4.74 Å². The van der Waals surface area contributed by atoms with Crippen LogP contribution >= 0.6 is 0 Å². The van der Waals surface area contributed by atoms with Gasteiger partial charge in [-0.15, -0.1) is 13.2 Å². The number of alkyl halides is 3. The Morgan fingerprint density at radius 2 is 1.80 bits per heavy atom. The number of carboxylic acids is 1. The lowest BCUT2D eigenvalue weighted by Gasteiger charge is -2.17. The van der Waals surface area contributed by atoms with Gasteiger partial charge in [-0.3, -0.25) is 4.79 Å². The third-order valence-corrected chi connectivity index (χ3v) is 5.72. The van der Waals surface area contributed by atoms with Gasteiger partial charge < -0.3 is 19.5 Å². The van der Waals surface area contributed by atoms with Crippen molar-refractivity contribution in [3.05, 3.63) is 88.5 Å². The van der Waals surface area contributed by atoms with Crippen molar-refractivity contribution < 1.29 is 37.3 Å². The number of benzene rings is 3. The molecule has 0 aromatic heterocycles. The number of amides is 1. The first-order chi connectivity index (χ1) is 16.6. The molecule has 0 saturated carbocycles. The highest BCUT2D eigenvalue weighted by molar-refractivity contribution is 6.10. The molecular weight excluding hydrogens is 463 g/mol. The van der Waals surface area contributed by atoms with Crippen molar-refractivity contribution in [2.24, 2.45) is 0 Å². The Bertz CT molecular complexity index is 1250. The van der Waals surface area contributed by atoms with E-state index in [4.69, 9.17) is 9.84 Å². The number of fused-ring (bicyclic) bond motifs is 1. The van der Waals surface area contributed by atoms with Gasteiger partial charge in [0.05, 0.1) is 6.54 Å². The topological polar surface area (TPSA) is 76.1 Å². The normalized spacial score (nSPS) is 13.0. The van der Waals surface area contributed by atoms with E-state index in [9.17, 15) is 22.8 Å². The first kappa shape index (κ1) is 24.1. The number of halogens is 3. The highest BCUT2D eigenvalue weighted by atomic mass is 19.4. The van der Waals surface area contributed by atoms with Gasteiger partial charge in [0.25, 0.3) is 5.91 Å². The van der Waals surface area contributed by atoms with Crippen molar-refractivity contribution in [1.29, 1.82) is 0 Å². The van der Waals surface area contributed by atoms with Crippen molar-refractivity contribution in [3.63, 3.8) is 0 Å². The maximum atomic E-state index is 13.0. The number of hydrogen-bond acceptors (Lipinski definition) is 4. The number of aryl methyl sites for hydroxylation is 3. The van der Waals surface area contributed by atoms with E-state index in [0.717, 1.165) is 22.3 Å². The number of carbonyl (C=O) groups is 2. The fraction of sp³-hybridized carbons (Fsp3) is 0.231. The van der Waals surface area contributed by atoms with Crippen LogP contribution in [0.4, 0.5) is 18.9 Å². The Hall–Kier alpha value is -4.01. The highest BCUT2D eigenvalue weighted by Crippen LogP contribution is 2.33. The van der Waals surface area contributed by atoms with Crippen molar-refractivity contribution in [2.45, 2.75) is 32.7 Å². The van der Waals surface area contributed by atoms with Crippen molar-refractivity contribution in [1.82, 2.24) is 0 Å². The predicted octanol–water partition coefficient (Wildman–Crippen LogP) is 5.30. The van der Waals surface area contributed by atoms with E-state index in [-0.39, 0.29) is 11.7 Å². The van der Waals surface area contributed by atoms with Crippen LogP contribution in [0.5, 0.6) is 11.5 Å². The van der Waals surface area contributed by atoms with Gasteiger partial charge in [0.1, 0.15) is 11.5 Å². The molecule has 0 fully saturated rings. The summed E-state index contributed by atoms with van der Waals surface area (Å²) in [5, 5.41) is 8.77. The van der Waals surface area contributed by atoms with Crippen LogP contribution in [0.2, 0.25) is 0 Å². The van der Waals surface area contributed by atoms with Crippen LogP contribution in [0, 0.1) is 6.92 Å². The number of anilines is 1. The van der Waals surface area contributed by atoms with Crippen LogP contribution in [-0.4, -0.2) is 30.0 Å². The van der Waals surface area contributed by atoms with Crippen LogP contribution in [0.25, 0.3) is 0 Å². The minimum absolute atomic E-state index is 0.206. The lowest BCUT2D eigenvalue weighted by molar-refractivity contribution is -0.274. The Morgan fingerprint density at radius 1 is 1.06 bits per heavy atom. The minimum atomic E-state index is -4.78. The molecule has 1 N–H and O–H groups in total. The molecule has 1 aliphatic rings. The second kappa shape index (κ2) is 9.69. The van der Waals surface area contributed by atoms with Crippen molar-refractivity contribution in [3.8, 4) is 11.5 Å². The molecule has 0 spiro atoms. The van der Waals surface area contributed by atoms with Crippen LogP contribution in [0.1, 0.15) is 32.6 Å². The average molecular weight is 485 g/mol. The van der Waals surface area contributed by atoms with Crippen LogP contribution < -0.4 is 14.4 Å². The Morgan fingerprint density at radius 3 is 2.46 bits per heavy atom. The SMILES string of the molecule is Cc1cc(CCc2cccc3c2CN(c2ccc(OC(F)(F)F)cc2)C3=O)ccc1OCC(=O)O. The Balaban J connectivity index is 1.46. The van der Waals surface area contributed by atoms with E-state index in [1.54, 1.807) is 12.1 Å². The number of hydrogen-bond donors (Lipinski definition) is 1. The third-order valence-electron chi connectivity index (χ3n) is 5.72. The second-order valence-corrected chi connectivity index (χ2v) is 8.16. The molecule has 0 radical (unpaired) electrons. The molecule has 0 atom stereocenters. The summed E-state index contributed by atoms with van der Waals surface area (Å²) in [6, 6.07) is 16.4. The molecule has 0 aliphatic carbocycles. The summed E-state index contributed by atoms with van der Waals surface area (Å²) in [6.45, 7) is 1.77. The molecule has 35 heavy (non-hydrogen) atoms. The zero-order chi connectivity index (χ0) is 25.2. The fourth-order valence-corrected chi connectivity index (χ4v) is 4.12. The monoisotopic (exact) mass is 485 g/mol. The molecule has 3 aromatic rings. The number of carboxylic acid groups (broad SMARTS) is 1. The molecule has 0 unspecified atom stereocenters. The fourth-order valence-electron chi connectivity index (χ4n) is 4.12. The van der Waals surface area contributed by atoms with E-state index < -0.39 is 18.9 Å². The summed E-state index contributed by atoms with van der Waals surface area (Å²) in [7, 11) is 0. The third kappa shape index (κ3) is 5.74. The zero-order valence-electron chi connectivity index (χ0n) is 18.8. The van der Waals surface area contributed by atoms with Gasteiger partial charge in [-0.1, -0.05) is 24.3 Å². The van der Waals surface area contributed by atoms with E-state index >= 15 is 0 Å². The zero-order valence-corrected chi connectivity index (χ0v) is 18.8. The van der Waals surface area contributed by atoms with E-state index in [0.29, 0.717) is 36.4 Å². The molecule has 1 heterocycles. The molecule has 0 bridgehead atoms. The van der Waals surface area contributed by atoms with Crippen LogP contribution in [0.15, 0.2) is 60.7 Å². The summed E-state index contributed by atoms with van der Waals surface area (Å²) in [4.78, 5) is 25.2. The minimum Gasteiger partial charge on any atom is -0.482 e. The Labute approximate surface area is 199 Å². The number of ether oxygens (including phenoxy) is 2. The largest absolute Gasteiger partial charge is 0.573 e. The molecule has 9 heteroatoms. The smallest absolute Gasteiger partial charge is 0.482 e. The highest BCUT2D eigenvalue weighted by Gasteiger charge is 2.32. The number of carbonyl (C=O) groups excluding carboxylic acids is 1. The van der Waals surface area contributed by atoms with Gasteiger partial charge in [0.15, 0.2) is 6.61 Å². The van der Waals surface area contributed by atoms with E-state index in [1.165, 1.54) is 29.2 Å². The number of nitrogens with zero attached hydrogens (tertiary/aromatic N) is 1. The summed E-state index contributed by atoms with van der Waals surface area (Å²) < 4.78 is 46.4.